The van der Waals surface area contributed by atoms with E-state index >= 15 is 0 Å². The van der Waals surface area contributed by atoms with Crippen LogP contribution in [0, 0.1) is 5.92 Å². The zero-order valence-corrected chi connectivity index (χ0v) is 11.6. The summed E-state index contributed by atoms with van der Waals surface area (Å²) in [7, 11) is 0. The summed E-state index contributed by atoms with van der Waals surface area (Å²) >= 11 is 0. The van der Waals surface area contributed by atoms with E-state index in [1.165, 1.54) is 37.7 Å². The number of aliphatic hydroxyl groups is 1. The Balaban J connectivity index is 1.78. The molecule has 1 aliphatic heterocycles. The van der Waals surface area contributed by atoms with Gasteiger partial charge in [-0.3, -0.25) is 0 Å². The van der Waals surface area contributed by atoms with Crippen LogP contribution in [0.2, 0.25) is 0 Å². The van der Waals surface area contributed by atoms with Crippen LogP contribution < -0.4 is 4.74 Å². The van der Waals surface area contributed by atoms with Crippen molar-refractivity contribution in [3.8, 4) is 5.75 Å². The van der Waals surface area contributed by atoms with Crippen molar-refractivity contribution in [2.24, 2.45) is 5.92 Å². The van der Waals surface area contributed by atoms with E-state index < -0.39 is 0 Å². The molecule has 1 aliphatic carbocycles. The average molecular weight is 260 g/mol. The molecule has 2 aliphatic rings. The molecule has 3 rings (SSSR count). The monoisotopic (exact) mass is 260 g/mol. The van der Waals surface area contributed by atoms with Gasteiger partial charge in [0.1, 0.15) is 5.75 Å². The van der Waals surface area contributed by atoms with Gasteiger partial charge < -0.3 is 9.84 Å². The first-order valence-electron chi connectivity index (χ1n) is 7.79. The van der Waals surface area contributed by atoms with Crippen molar-refractivity contribution in [2.75, 3.05) is 6.61 Å². The molecule has 1 aromatic rings. The van der Waals surface area contributed by atoms with Gasteiger partial charge in [-0.05, 0) is 24.3 Å². The lowest BCUT2D eigenvalue weighted by atomic mass is 9.84. The van der Waals surface area contributed by atoms with Crippen LogP contribution in [0.25, 0.3) is 0 Å². The number of hydrogen-bond donors (Lipinski definition) is 1. The molecule has 19 heavy (non-hydrogen) atoms. The lowest BCUT2D eigenvalue weighted by Gasteiger charge is -2.26. The second-order valence-electron chi connectivity index (χ2n) is 5.98. The van der Waals surface area contributed by atoms with E-state index in [0.29, 0.717) is 5.92 Å². The molecule has 1 N–H and O–H groups in total. The first-order chi connectivity index (χ1) is 9.36. The maximum Gasteiger partial charge on any atom is 0.128 e. The average Bonchev–Trinajstić information content (AvgIpc) is 2.85. The molecule has 1 heterocycles. The van der Waals surface area contributed by atoms with Crippen molar-refractivity contribution in [1.82, 2.24) is 0 Å². The summed E-state index contributed by atoms with van der Waals surface area (Å²) in [5.74, 6) is 1.38. The van der Waals surface area contributed by atoms with Gasteiger partial charge in [-0.25, -0.2) is 0 Å². The fraction of sp³-hybridized carbons (Fsp3) is 0.647. The van der Waals surface area contributed by atoms with E-state index in [1.54, 1.807) is 0 Å². The second kappa shape index (κ2) is 5.96. The summed E-state index contributed by atoms with van der Waals surface area (Å²) < 4.78 is 5.74. The Morgan fingerprint density at radius 1 is 1.05 bits per heavy atom. The summed E-state index contributed by atoms with van der Waals surface area (Å²) in [4.78, 5) is 0. The van der Waals surface area contributed by atoms with Gasteiger partial charge in [0.05, 0.1) is 12.7 Å². The molecule has 1 saturated carbocycles. The molecule has 1 aromatic carbocycles. The van der Waals surface area contributed by atoms with Gasteiger partial charge in [0.15, 0.2) is 0 Å². The molecule has 0 bridgehead atoms. The molecule has 0 aromatic heterocycles. The van der Waals surface area contributed by atoms with E-state index in [4.69, 9.17) is 4.74 Å². The SMILES string of the molecule is OC(c1cccc2c1OCC2)C1CCCCCCC1. The number of fused-ring (bicyclic) bond motifs is 1. The summed E-state index contributed by atoms with van der Waals surface area (Å²) in [6.07, 6.45) is 9.50. The van der Waals surface area contributed by atoms with E-state index in [0.717, 1.165) is 37.2 Å². The van der Waals surface area contributed by atoms with E-state index in [2.05, 4.69) is 12.1 Å². The Kier molecular flexibility index (Phi) is 4.07. The lowest BCUT2D eigenvalue weighted by Crippen LogP contribution is -2.15. The maximum absolute atomic E-state index is 10.7. The minimum absolute atomic E-state index is 0.342. The molecular formula is C17H24O2. The summed E-state index contributed by atoms with van der Waals surface area (Å²) in [5, 5.41) is 10.7. The first-order valence-corrected chi connectivity index (χ1v) is 7.79. The third-order valence-electron chi connectivity index (χ3n) is 4.66. The summed E-state index contributed by atoms with van der Waals surface area (Å²) in [5.41, 5.74) is 2.29. The van der Waals surface area contributed by atoms with Gasteiger partial charge in [0.2, 0.25) is 0 Å². The van der Waals surface area contributed by atoms with Crippen LogP contribution in [0.1, 0.15) is 62.2 Å². The van der Waals surface area contributed by atoms with Gasteiger partial charge in [0.25, 0.3) is 0 Å². The van der Waals surface area contributed by atoms with Gasteiger partial charge >= 0.3 is 0 Å². The normalized spacial score (nSPS) is 22.2. The predicted molar refractivity (Wildman–Crippen MR) is 76.4 cm³/mol. The van der Waals surface area contributed by atoms with Crippen molar-refractivity contribution >= 4 is 0 Å². The standard InChI is InChI=1S/C17H24O2/c18-16(13-7-4-2-1-3-5-8-13)15-10-6-9-14-11-12-19-17(14)15/h6,9-10,13,16,18H,1-5,7-8,11-12H2. The molecule has 104 valence electrons. The Bertz CT molecular complexity index is 419. The molecule has 0 saturated heterocycles. The minimum Gasteiger partial charge on any atom is -0.493 e. The smallest absolute Gasteiger partial charge is 0.128 e. The third kappa shape index (κ3) is 2.79. The maximum atomic E-state index is 10.7. The number of benzene rings is 1. The van der Waals surface area contributed by atoms with Crippen LogP contribution in [0.3, 0.4) is 0 Å². The van der Waals surface area contributed by atoms with Crippen LogP contribution in [-0.2, 0) is 6.42 Å². The van der Waals surface area contributed by atoms with Crippen LogP contribution in [0.4, 0.5) is 0 Å². The van der Waals surface area contributed by atoms with E-state index in [-0.39, 0.29) is 6.10 Å². The summed E-state index contributed by atoms with van der Waals surface area (Å²) in [6, 6.07) is 6.24. The minimum atomic E-state index is -0.342. The molecule has 1 fully saturated rings. The highest BCUT2D eigenvalue weighted by Crippen LogP contribution is 2.39. The summed E-state index contributed by atoms with van der Waals surface area (Å²) in [6.45, 7) is 0.768. The van der Waals surface area contributed by atoms with Crippen molar-refractivity contribution in [3.63, 3.8) is 0 Å². The number of aliphatic hydroxyl groups excluding tert-OH is 1. The molecular weight excluding hydrogens is 236 g/mol. The van der Waals surface area contributed by atoms with Crippen molar-refractivity contribution in [1.29, 1.82) is 0 Å². The van der Waals surface area contributed by atoms with Crippen LogP contribution in [-0.4, -0.2) is 11.7 Å². The topological polar surface area (TPSA) is 29.5 Å². The molecule has 1 unspecified atom stereocenters. The van der Waals surface area contributed by atoms with Crippen molar-refractivity contribution < 1.29 is 9.84 Å². The molecule has 0 spiro atoms. The highest BCUT2D eigenvalue weighted by molar-refractivity contribution is 5.45. The number of ether oxygens (including phenoxy) is 1. The Morgan fingerprint density at radius 2 is 1.79 bits per heavy atom. The van der Waals surface area contributed by atoms with Gasteiger partial charge in [0, 0.05) is 12.0 Å². The van der Waals surface area contributed by atoms with Crippen LogP contribution in [0.5, 0.6) is 5.75 Å². The second-order valence-corrected chi connectivity index (χ2v) is 5.98. The number of hydrogen-bond acceptors (Lipinski definition) is 2. The quantitative estimate of drug-likeness (QED) is 0.870. The van der Waals surface area contributed by atoms with E-state index in [9.17, 15) is 5.11 Å². The molecule has 1 atom stereocenters. The molecule has 2 nitrogen and oxygen atoms in total. The predicted octanol–water partition coefficient (Wildman–Crippen LogP) is 4.02. The lowest BCUT2D eigenvalue weighted by molar-refractivity contribution is 0.0886. The molecule has 2 heteroatoms. The number of rotatable bonds is 2. The zero-order chi connectivity index (χ0) is 13.1. The Morgan fingerprint density at radius 3 is 2.58 bits per heavy atom. The van der Waals surface area contributed by atoms with E-state index in [1.807, 2.05) is 6.07 Å². The molecule has 0 amide bonds. The third-order valence-corrected chi connectivity index (χ3v) is 4.66. The van der Waals surface area contributed by atoms with Gasteiger partial charge in [-0.2, -0.15) is 0 Å². The van der Waals surface area contributed by atoms with Crippen LogP contribution in [0.15, 0.2) is 18.2 Å². The Hall–Kier alpha value is -1.02. The van der Waals surface area contributed by atoms with Gasteiger partial charge in [-0.15, -0.1) is 0 Å². The molecule has 0 radical (unpaired) electrons. The fourth-order valence-corrected chi connectivity index (χ4v) is 3.53. The van der Waals surface area contributed by atoms with Crippen LogP contribution >= 0.6 is 0 Å². The fourth-order valence-electron chi connectivity index (χ4n) is 3.53. The first kappa shape index (κ1) is 13.0. The van der Waals surface area contributed by atoms with Gasteiger partial charge in [-0.1, -0.05) is 50.3 Å². The highest BCUT2D eigenvalue weighted by atomic mass is 16.5. The Labute approximate surface area is 115 Å². The zero-order valence-electron chi connectivity index (χ0n) is 11.6. The van der Waals surface area contributed by atoms with Crippen molar-refractivity contribution in [3.05, 3.63) is 29.3 Å². The highest BCUT2D eigenvalue weighted by Gasteiger charge is 2.26. The van der Waals surface area contributed by atoms with Crippen molar-refractivity contribution in [2.45, 2.75) is 57.5 Å². The largest absolute Gasteiger partial charge is 0.493 e. The number of para-hydroxylation sites is 1.